The summed E-state index contributed by atoms with van der Waals surface area (Å²) in [6, 6.07) is 3.67. The second-order valence-electron chi connectivity index (χ2n) is 5.74. The largest absolute Gasteiger partial charge is 0.478 e. The molecule has 0 amide bonds. The quantitative estimate of drug-likeness (QED) is 0.929. The average molecular weight is 272 g/mol. The summed E-state index contributed by atoms with van der Waals surface area (Å²) >= 11 is 0. The third kappa shape index (κ3) is 1.90. The van der Waals surface area contributed by atoms with Crippen LogP contribution in [0.25, 0.3) is 11.5 Å². The van der Waals surface area contributed by atoms with Gasteiger partial charge in [-0.1, -0.05) is 24.2 Å². The number of carbonyl (C=O) groups is 1. The number of rotatable bonds is 3. The molecule has 0 unspecified atom stereocenters. The summed E-state index contributed by atoms with van der Waals surface area (Å²) in [6.07, 6.45) is 2.09. The van der Waals surface area contributed by atoms with Gasteiger partial charge in [0.1, 0.15) is 0 Å². The van der Waals surface area contributed by atoms with Gasteiger partial charge in [-0.3, -0.25) is 0 Å². The van der Waals surface area contributed by atoms with E-state index in [1.807, 2.05) is 13.0 Å². The monoisotopic (exact) mass is 272 g/mol. The van der Waals surface area contributed by atoms with Crippen molar-refractivity contribution in [2.24, 2.45) is 0 Å². The number of aromatic nitrogens is 2. The minimum Gasteiger partial charge on any atom is -0.478 e. The maximum Gasteiger partial charge on any atom is 0.336 e. The van der Waals surface area contributed by atoms with Crippen LogP contribution >= 0.6 is 0 Å². The van der Waals surface area contributed by atoms with E-state index in [0.717, 1.165) is 18.4 Å². The van der Waals surface area contributed by atoms with Crippen molar-refractivity contribution >= 4 is 5.97 Å². The molecule has 0 spiro atoms. The fraction of sp³-hybridized carbons (Fsp3) is 0.400. The van der Waals surface area contributed by atoms with Crippen LogP contribution in [0.3, 0.4) is 0 Å². The Kier molecular flexibility index (Phi) is 2.67. The van der Waals surface area contributed by atoms with Crippen molar-refractivity contribution in [2.45, 2.75) is 39.0 Å². The lowest BCUT2D eigenvalue weighted by atomic mass is 9.97. The first kappa shape index (κ1) is 12.8. The number of hydrogen-bond donors (Lipinski definition) is 1. The van der Waals surface area contributed by atoms with Gasteiger partial charge in [0, 0.05) is 5.41 Å². The molecule has 1 N–H and O–H groups in total. The van der Waals surface area contributed by atoms with Crippen LogP contribution in [0.2, 0.25) is 0 Å². The Labute approximate surface area is 116 Å². The molecule has 104 valence electrons. The van der Waals surface area contributed by atoms with Crippen molar-refractivity contribution < 1.29 is 14.4 Å². The van der Waals surface area contributed by atoms with Gasteiger partial charge in [-0.05, 0) is 37.8 Å². The molecular formula is C15H16N2O3. The summed E-state index contributed by atoms with van der Waals surface area (Å²) < 4.78 is 5.32. The van der Waals surface area contributed by atoms with Crippen LogP contribution in [0.4, 0.5) is 0 Å². The van der Waals surface area contributed by atoms with E-state index >= 15 is 0 Å². The van der Waals surface area contributed by atoms with Crippen LogP contribution < -0.4 is 0 Å². The molecule has 0 saturated heterocycles. The highest BCUT2D eigenvalue weighted by molar-refractivity contribution is 5.97. The van der Waals surface area contributed by atoms with Gasteiger partial charge in [0.25, 0.3) is 5.89 Å². The predicted octanol–water partition coefficient (Wildman–Crippen LogP) is 3.10. The van der Waals surface area contributed by atoms with E-state index in [4.69, 9.17) is 4.52 Å². The van der Waals surface area contributed by atoms with Crippen molar-refractivity contribution in [2.75, 3.05) is 0 Å². The average Bonchev–Trinajstić information content (AvgIpc) is 2.95. The molecule has 0 aliphatic heterocycles. The smallest absolute Gasteiger partial charge is 0.336 e. The number of hydrogen-bond acceptors (Lipinski definition) is 4. The maximum atomic E-state index is 11.5. The van der Waals surface area contributed by atoms with Gasteiger partial charge in [-0.2, -0.15) is 4.98 Å². The molecule has 1 fully saturated rings. The number of carboxylic acid groups (broad SMARTS) is 1. The second-order valence-corrected chi connectivity index (χ2v) is 5.74. The fourth-order valence-corrected chi connectivity index (χ4v) is 2.34. The Bertz CT molecular complexity index is 699. The molecule has 0 bridgehead atoms. The Morgan fingerprint density at radius 1 is 1.30 bits per heavy atom. The Balaban J connectivity index is 2.16. The van der Waals surface area contributed by atoms with E-state index in [9.17, 15) is 9.90 Å². The van der Waals surface area contributed by atoms with Gasteiger partial charge in [0.2, 0.25) is 0 Å². The van der Waals surface area contributed by atoms with Gasteiger partial charge in [-0.25, -0.2) is 4.79 Å². The molecule has 5 nitrogen and oxygen atoms in total. The van der Waals surface area contributed by atoms with Gasteiger partial charge >= 0.3 is 5.97 Å². The lowest BCUT2D eigenvalue weighted by Crippen LogP contribution is -2.05. The molecule has 20 heavy (non-hydrogen) atoms. The Hall–Kier alpha value is -2.17. The van der Waals surface area contributed by atoms with Crippen molar-refractivity contribution in [1.29, 1.82) is 0 Å². The summed E-state index contributed by atoms with van der Waals surface area (Å²) in [5.74, 6) is -0.00458. The van der Waals surface area contributed by atoms with E-state index in [-0.39, 0.29) is 11.0 Å². The summed E-state index contributed by atoms with van der Waals surface area (Å²) in [5, 5.41) is 13.4. The molecule has 0 atom stereocenters. The summed E-state index contributed by atoms with van der Waals surface area (Å²) in [6.45, 7) is 5.71. The third-order valence-corrected chi connectivity index (χ3v) is 4.02. The highest BCUT2D eigenvalue weighted by atomic mass is 16.5. The van der Waals surface area contributed by atoms with Crippen LogP contribution in [0.5, 0.6) is 0 Å². The molecule has 1 aromatic carbocycles. The molecule has 5 heteroatoms. The van der Waals surface area contributed by atoms with Gasteiger partial charge in [0.15, 0.2) is 5.82 Å². The van der Waals surface area contributed by atoms with Crippen LogP contribution in [-0.4, -0.2) is 21.2 Å². The second kappa shape index (κ2) is 4.16. The molecule has 0 radical (unpaired) electrons. The van der Waals surface area contributed by atoms with Gasteiger partial charge in [-0.15, -0.1) is 0 Å². The SMILES string of the molecule is Cc1ccc(C)c(-c2nc(C3(C)CC3)no2)c1C(=O)O. The van der Waals surface area contributed by atoms with Crippen LogP contribution in [0.15, 0.2) is 16.7 Å². The molecule has 2 aromatic rings. The van der Waals surface area contributed by atoms with Crippen molar-refractivity contribution in [1.82, 2.24) is 10.1 Å². The summed E-state index contributed by atoms with van der Waals surface area (Å²) in [7, 11) is 0. The zero-order chi connectivity index (χ0) is 14.5. The molecule has 1 saturated carbocycles. The van der Waals surface area contributed by atoms with E-state index in [0.29, 0.717) is 22.8 Å². The Morgan fingerprint density at radius 3 is 2.55 bits per heavy atom. The van der Waals surface area contributed by atoms with Crippen LogP contribution in [0.1, 0.15) is 47.1 Å². The van der Waals surface area contributed by atoms with Crippen LogP contribution in [-0.2, 0) is 5.41 Å². The zero-order valence-electron chi connectivity index (χ0n) is 11.7. The number of benzene rings is 1. The van der Waals surface area contributed by atoms with Gasteiger partial charge < -0.3 is 9.63 Å². The van der Waals surface area contributed by atoms with Crippen molar-refractivity contribution in [3.8, 4) is 11.5 Å². The summed E-state index contributed by atoms with van der Waals surface area (Å²) in [4.78, 5) is 15.9. The molecule has 3 rings (SSSR count). The first-order valence-electron chi connectivity index (χ1n) is 6.60. The van der Waals surface area contributed by atoms with E-state index in [2.05, 4.69) is 17.1 Å². The lowest BCUT2D eigenvalue weighted by Gasteiger charge is -2.08. The molecule has 1 aliphatic carbocycles. The predicted molar refractivity (Wildman–Crippen MR) is 72.8 cm³/mol. The molecule has 1 aromatic heterocycles. The van der Waals surface area contributed by atoms with Crippen molar-refractivity contribution in [3.63, 3.8) is 0 Å². The van der Waals surface area contributed by atoms with Crippen LogP contribution in [0, 0.1) is 13.8 Å². The molecule has 1 heterocycles. The number of nitrogens with zero attached hydrogens (tertiary/aromatic N) is 2. The number of aryl methyl sites for hydroxylation is 2. The normalized spacial score (nSPS) is 16.1. The third-order valence-electron chi connectivity index (χ3n) is 4.02. The zero-order valence-corrected chi connectivity index (χ0v) is 11.7. The van der Waals surface area contributed by atoms with E-state index in [1.54, 1.807) is 13.0 Å². The highest BCUT2D eigenvalue weighted by Gasteiger charge is 2.43. The van der Waals surface area contributed by atoms with Gasteiger partial charge in [0.05, 0.1) is 11.1 Å². The minimum atomic E-state index is -0.974. The van der Waals surface area contributed by atoms with Crippen molar-refractivity contribution in [3.05, 3.63) is 34.6 Å². The Morgan fingerprint density at radius 2 is 1.95 bits per heavy atom. The maximum absolute atomic E-state index is 11.5. The molecular weight excluding hydrogens is 256 g/mol. The lowest BCUT2D eigenvalue weighted by molar-refractivity contribution is 0.0696. The van der Waals surface area contributed by atoms with E-state index in [1.165, 1.54) is 0 Å². The first-order chi connectivity index (χ1) is 9.42. The number of carboxylic acids is 1. The topological polar surface area (TPSA) is 76.2 Å². The highest BCUT2D eigenvalue weighted by Crippen LogP contribution is 2.46. The standard InChI is InChI=1S/C15H16N2O3/c1-8-4-5-9(2)11(13(18)19)10(8)12-16-14(17-20-12)15(3)6-7-15/h4-5H,6-7H2,1-3H3,(H,18,19). The minimum absolute atomic E-state index is 0.00284. The molecule has 1 aliphatic rings. The first-order valence-corrected chi connectivity index (χ1v) is 6.60. The summed E-state index contributed by atoms with van der Waals surface area (Å²) in [5.41, 5.74) is 2.28. The number of aromatic carboxylic acids is 1. The van der Waals surface area contributed by atoms with E-state index < -0.39 is 5.97 Å². The fourth-order valence-electron chi connectivity index (χ4n) is 2.34.